The first-order valence-electron chi connectivity index (χ1n) is 12.0. The van der Waals surface area contributed by atoms with Crippen LogP contribution in [0.5, 0.6) is 0 Å². The zero-order valence-electron chi connectivity index (χ0n) is 21.2. The number of para-hydroxylation sites is 1. The molecule has 39 heavy (non-hydrogen) atoms. The molecule has 0 saturated carbocycles. The summed E-state index contributed by atoms with van der Waals surface area (Å²) < 4.78 is 67.5. The second kappa shape index (κ2) is 10.9. The van der Waals surface area contributed by atoms with Gasteiger partial charge in [0.15, 0.2) is 0 Å². The first-order valence-corrected chi connectivity index (χ1v) is 13.5. The topological polar surface area (TPSA) is 82.6 Å². The highest BCUT2D eigenvalue weighted by molar-refractivity contribution is 7.93. The van der Waals surface area contributed by atoms with Gasteiger partial charge in [0.1, 0.15) is 4.90 Å². The first-order chi connectivity index (χ1) is 18.4. The van der Waals surface area contributed by atoms with Crippen LogP contribution in [-0.4, -0.2) is 61.5 Å². The van der Waals surface area contributed by atoms with Crippen LogP contribution in [0.15, 0.2) is 102 Å². The number of allylic oxidation sites excluding steroid dienone is 3. The SMILES string of the molecule is C=C(C)/C(=C\C(=C)C(F)(F)F)N1CCN(C(=O)c2ccc(NS(=O)(=O)c3cccc4cccnc34)cc2)CC1. The van der Waals surface area contributed by atoms with Crippen LogP contribution in [0, 0.1) is 0 Å². The van der Waals surface area contributed by atoms with Gasteiger partial charge in [-0.3, -0.25) is 14.5 Å². The Bertz CT molecular complexity index is 1550. The number of nitrogens with zero attached hydrogens (tertiary/aromatic N) is 3. The smallest absolute Gasteiger partial charge is 0.368 e. The van der Waals surface area contributed by atoms with Crippen LogP contribution in [0.2, 0.25) is 0 Å². The van der Waals surface area contributed by atoms with Crippen molar-refractivity contribution in [3.63, 3.8) is 0 Å². The Kier molecular flexibility index (Phi) is 7.82. The lowest BCUT2D eigenvalue weighted by atomic mass is 10.1. The number of alkyl halides is 3. The molecule has 0 unspecified atom stereocenters. The van der Waals surface area contributed by atoms with Crippen LogP contribution >= 0.6 is 0 Å². The maximum atomic E-state index is 13.0. The third-order valence-corrected chi connectivity index (χ3v) is 7.70. The Balaban J connectivity index is 1.42. The van der Waals surface area contributed by atoms with Gasteiger partial charge in [-0.15, -0.1) is 0 Å². The molecule has 204 valence electrons. The van der Waals surface area contributed by atoms with Crippen molar-refractivity contribution >= 4 is 32.5 Å². The molecular weight excluding hydrogens is 529 g/mol. The molecule has 0 aliphatic carbocycles. The number of sulfonamides is 1. The Labute approximate surface area is 225 Å². The summed E-state index contributed by atoms with van der Waals surface area (Å²) in [6.45, 7) is 9.76. The molecule has 0 spiro atoms. The summed E-state index contributed by atoms with van der Waals surface area (Å²) in [6, 6.07) is 14.5. The lowest BCUT2D eigenvalue weighted by Gasteiger charge is -2.37. The van der Waals surface area contributed by atoms with Crippen molar-refractivity contribution in [1.29, 1.82) is 0 Å². The molecule has 2 aromatic carbocycles. The fourth-order valence-corrected chi connectivity index (χ4v) is 5.49. The molecule has 11 heteroatoms. The Morgan fingerprint density at radius 1 is 0.974 bits per heavy atom. The summed E-state index contributed by atoms with van der Waals surface area (Å²) in [7, 11) is -3.94. The average molecular weight is 557 g/mol. The molecule has 0 bridgehead atoms. The van der Waals surface area contributed by atoms with Gasteiger partial charge in [0.25, 0.3) is 15.9 Å². The molecular formula is C28H27F3N4O3S. The van der Waals surface area contributed by atoms with E-state index in [1.807, 2.05) is 0 Å². The fraction of sp³-hybridized carbons (Fsp3) is 0.214. The van der Waals surface area contributed by atoms with E-state index in [1.54, 1.807) is 41.0 Å². The molecule has 0 atom stereocenters. The van der Waals surface area contributed by atoms with Gasteiger partial charge < -0.3 is 9.80 Å². The molecule has 4 rings (SSSR count). The van der Waals surface area contributed by atoms with E-state index < -0.39 is 21.8 Å². The lowest BCUT2D eigenvalue weighted by molar-refractivity contribution is -0.0879. The highest BCUT2D eigenvalue weighted by atomic mass is 32.2. The lowest BCUT2D eigenvalue weighted by Crippen LogP contribution is -2.48. The number of anilines is 1. The molecule has 1 fully saturated rings. The van der Waals surface area contributed by atoms with E-state index in [4.69, 9.17) is 0 Å². The van der Waals surface area contributed by atoms with Crippen molar-refractivity contribution < 1.29 is 26.4 Å². The van der Waals surface area contributed by atoms with Gasteiger partial charge in [-0.2, -0.15) is 13.2 Å². The van der Waals surface area contributed by atoms with Crippen LogP contribution in [0.1, 0.15) is 17.3 Å². The number of nitrogens with one attached hydrogen (secondary N) is 1. The molecule has 7 nitrogen and oxygen atoms in total. The zero-order valence-corrected chi connectivity index (χ0v) is 22.0. The third kappa shape index (κ3) is 6.31. The molecule has 1 aromatic heterocycles. The maximum absolute atomic E-state index is 13.0. The van der Waals surface area contributed by atoms with Crippen LogP contribution in [0.4, 0.5) is 18.9 Å². The van der Waals surface area contributed by atoms with Gasteiger partial charge in [0.05, 0.1) is 11.1 Å². The summed E-state index contributed by atoms with van der Waals surface area (Å²) >= 11 is 0. The zero-order chi connectivity index (χ0) is 28.4. The summed E-state index contributed by atoms with van der Waals surface area (Å²) in [4.78, 5) is 20.6. The number of carbonyl (C=O) groups excluding carboxylic acids is 1. The number of hydrogen-bond donors (Lipinski definition) is 1. The normalized spacial score (nSPS) is 14.8. The maximum Gasteiger partial charge on any atom is 0.415 e. The molecule has 2 heterocycles. The number of rotatable bonds is 7. The van der Waals surface area contributed by atoms with Gasteiger partial charge >= 0.3 is 6.18 Å². The Hall–Kier alpha value is -4.12. The second-order valence-electron chi connectivity index (χ2n) is 9.13. The standard InChI is InChI=1S/C28H27F3N4O3S/c1-19(2)24(18-20(3)28(29,30)31)34-14-16-35(17-15-34)27(36)22-9-11-23(12-10-22)33-39(37,38)25-8-4-6-21-7-5-13-32-26(21)25/h4-13,18,33H,1,3,14-17H2,2H3/b24-18+. The molecule has 1 saturated heterocycles. The van der Waals surface area contributed by atoms with E-state index in [0.717, 1.165) is 6.08 Å². The summed E-state index contributed by atoms with van der Waals surface area (Å²) in [5.41, 5.74) is 0.835. The molecule has 0 radical (unpaired) electrons. The Morgan fingerprint density at radius 3 is 2.21 bits per heavy atom. The molecule has 1 amide bonds. The van der Waals surface area contributed by atoms with Gasteiger partial charge in [-0.25, -0.2) is 8.42 Å². The van der Waals surface area contributed by atoms with Crippen molar-refractivity contribution in [2.24, 2.45) is 0 Å². The van der Waals surface area contributed by atoms with Gasteiger partial charge in [0, 0.05) is 54.7 Å². The van der Waals surface area contributed by atoms with Crippen molar-refractivity contribution in [1.82, 2.24) is 14.8 Å². The summed E-state index contributed by atoms with van der Waals surface area (Å²) in [5, 5.41) is 0.692. The fourth-order valence-electron chi connectivity index (χ4n) is 4.25. The van der Waals surface area contributed by atoms with Crippen molar-refractivity contribution in [3.05, 3.63) is 102 Å². The summed E-state index contributed by atoms with van der Waals surface area (Å²) in [5.74, 6) is -0.261. The predicted molar refractivity (Wildman–Crippen MR) is 145 cm³/mol. The second-order valence-corrected chi connectivity index (χ2v) is 10.8. The van der Waals surface area contributed by atoms with Crippen molar-refractivity contribution in [3.8, 4) is 0 Å². The molecule has 1 aliphatic rings. The number of amides is 1. The van der Waals surface area contributed by atoms with E-state index in [1.165, 1.54) is 36.5 Å². The number of benzene rings is 2. The first kappa shape index (κ1) is 27.9. The van der Waals surface area contributed by atoms with E-state index >= 15 is 0 Å². The minimum atomic E-state index is -4.54. The quantitative estimate of drug-likeness (QED) is 0.396. The number of aromatic nitrogens is 1. The number of carbonyl (C=O) groups is 1. The van der Waals surface area contributed by atoms with Crippen molar-refractivity contribution in [2.45, 2.75) is 18.0 Å². The minimum Gasteiger partial charge on any atom is -0.368 e. The monoisotopic (exact) mass is 556 g/mol. The number of halogens is 3. The number of pyridine rings is 1. The van der Waals surface area contributed by atoms with Crippen molar-refractivity contribution in [2.75, 3.05) is 30.9 Å². The van der Waals surface area contributed by atoms with Crippen LogP contribution in [0.25, 0.3) is 10.9 Å². The molecule has 1 aliphatic heterocycles. The average Bonchev–Trinajstić information content (AvgIpc) is 2.90. The number of hydrogen-bond acceptors (Lipinski definition) is 5. The Morgan fingerprint density at radius 2 is 1.59 bits per heavy atom. The highest BCUT2D eigenvalue weighted by Gasteiger charge is 2.32. The van der Waals surface area contributed by atoms with Gasteiger partial charge in [0.2, 0.25) is 0 Å². The third-order valence-electron chi connectivity index (χ3n) is 6.29. The van der Waals surface area contributed by atoms with Crippen LogP contribution < -0.4 is 4.72 Å². The number of piperazine rings is 1. The molecule has 1 N–H and O–H groups in total. The van der Waals surface area contributed by atoms with E-state index in [-0.39, 0.29) is 16.5 Å². The highest BCUT2D eigenvalue weighted by Crippen LogP contribution is 2.29. The minimum absolute atomic E-state index is 0.0422. The van der Waals surface area contributed by atoms with Gasteiger partial charge in [-0.05, 0) is 55.0 Å². The van der Waals surface area contributed by atoms with Crippen LogP contribution in [-0.2, 0) is 10.0 Å². The van der Waals surface area contributed by atoms with E-state index in [0.29, 0.717) is 53.9 Å². The van der Waals surface area contributed by atoms with E-state index in [9.17, 15) is 26.4 Å². The molecule has 3 aromatic rings. The van der Waals surface area contributed by atoms with E-state index in [2.05, 4.69) is 22.9 Å². The number of fused-ring (bicyclic) bond motifs is 1. The largest absolute Gasteiger partial charge is 0.415 e. The van der Waals surface area contributed by atoms with Crippen LogP contribution in [0.3, 0.4) is 0 Å². The summed E-state index contributed by atoms with van der Waals surface area (Å²) in [6.07, 6.45) is -2.03. The van der Waals surface area contributed by atoms with Gasteiger partial charge in [-0.1, -0.05) is 31.4 Å². The predicted octanol–water partition coefficient (Wildman–Crippen LogP) is 5.37.